The molecule has 0 fully saturated rings. The van der Waals surface area contributed by atoms with E-state index in [0.717, 1.165) is 6.08 Å². The van der Waals surface area contributed by atoms with Gasteiger partial charge in [-0.05, 0) is 12.1 Å². The Hall–Kier alpha value is -2.29. The molecule has 1 aliphatic heterocycles. The van der Waals surface area contributed by atoms with E-state index >= 15 is 0 Å². The first-order valence-corrected chi connectivity index (χ1v) is 4.55. The van der Waals surface area contributed by atoms with E-state index in [4.69, 9.17) is 5.26 Å². The molecule has 0 radical (unpaired) electrons. The second-order valence-corrected chi connectivity index (χ2v) is 3.20. The Balaban J connectivity index is 2.60. The third kappa shape index (κ3) is 2.28. The van der Waals surface area contributed by atoms with Gasteiger partial charge in [0.25, 0.3) is 0 Å². The molecule has 0 amide bonds. The van der Waals surface area contributed by atoms with Crippen LogP contribution in [0.25, 0.3) is 6.08 Å². The summed E-state index contributed by atoms with van der Waals surface area (Å²) < 4.78 is 42.1. The topological polar surface area (TPSA) is 45.4 Å². The number of rotatable bonds is 0. The zero-order valence-electron chi connectivity index (χ0n) is 8.32. The van der Waals surface area contributed by atoms with Crippen molar-refractivity contribution in [2.24, 2.45) is 4.99 Å². The molecule has 1 aromatic carbocycles. The molecule has 0 unspecified atom stereocenters. The molecule has 2 rings (SSSR count). The van der Waals surface area contributed by atoms with E-state index in [1.165, 1.54) is 18.2 Å². The Morgan fingerprint density at radius 3 is 2.59 bits per heavy atom. The van der Waals surface area contributed by atoms with Gasteiger partial charge >= 0.3 is 12.1 Å². The predicted octanol–water partition coefficient (Wildman–Crippen LogP) is 3.17. The average Bonchev–Trinajstić information content (AvgIpc) is 2.46. The van der Waals surface area contributed by atoms with E-state index in [1.807, 2.05) is 0 Å². The van der Waals surface area contributed by atoms with Gasteiger partial charge in [0.1, 0.15) is 0 Å². The number of benzene rings is 1. The van der Waals surface area contributed by atoms with E-state index in [1.54, 1.807) is 12.1 Å². The minimum atomic E-state index is -4.66. The van der Waals surface area contributed by atoms with E-state index in [-0.39, 0.29) is 11.3 Å². The quantitative estimate of drug-likeness (QED) is 0.696. The SMILES string of the molecule is N#CC1=Nc2ccccc2C=C(C(F)(F)F)O1. The van der Waals surface area contributed by atoms with Crippen LogP contribution in [0.4, 0.5) is 18.9 Å². The second-order valence-electron chi connectivity index (χ2n) is 3.20. The number of allylic oxidation sites excluding steroid dienone is 1. The number of ether oxygens (including phenoxy) is 1. The second kappa shape index (κ2) is 3.94. The molecule has 6 heteroatoms. The van der Waals surface area contributed by atoms with Gasteiger partial charge in [0.05, 0.1) is 5.69 Å². The lowest BCUT2D eigenvalue weighted by Crippen LogP contribution is -2.16. The first-order valence-electron chi connectivity index (χ1n) is 4.55. The molecule has 3 nitrogen and oxygen atoms in total. The van der Waals surface area contributed by atoms with Crippen LogP contribution in [-0.2, 0) is 4.74 Å². The van der Waals surface area contributed by atoms with Crippen LogP contribution in [0.1, 0.15) is 5.56 Å². The average molecular weight is 238 g/mol. The van der Waals surface area contributed by atoms with E-state index in [9.17, 15) is 13.2 Å². The van der Waals surface area contributed by atoms with Gasteiger partial charge in [0.15, 0.2) is 6.07 Å². The molecule has 86 valence electrons. The summed E-state index contributed by atoms with van der Waals surface area (Å²) in [6.45, 7) is 0. The lowest BCUT2D eigenvalue weighted by Gasteiger charge is -2.09. The van der Waals surface area contributed by atoms with Gasteiger partial charge in [-0.15, -0.1) is 0 Å². The van der Waals surface area contributed by atoms with Gasteiger partial charge < -0.3 is 4.74 Å². The molecule has 0 saturated heterocycles. The van der Waals surface area contributed by atoms with E-state index in [0.29, 0.717) is 0 Å². The number of para-hydroxylation sites is 1. The van der Waals surface area contributed by atoms with Crippen LogP contribution in [0.5, 0.6) is 0 Å². The van der Waals surface area contributed by atoms with Crippen LogP contribution in [-0.4, -0.2) is 12.1 Å². The Labute approximate surface area is 94.5 Å². The van der Waals surface area contributed by atoms with Crippen LogP contribution in [0.3, 0.4) is 0 Å². The molecular weight excluding hydrogens is 233 g/mol. The molecule has 1 heterocycles. The van der Waals surface area contributed by atoms with Gasteiger partial charge in [-0.3, -0.25) is 0 Å². The molecule has 0 aliphatic carbocycles. The fraction of sp³-hybridized carbons (Fsp3) is 0.0909. The largest absolute Gasteiger partial charge is 0.449 e. The first kappa shape index (κ1) is 11.2. The molecule has 0 N–H and O–H groups in total. The number of hydrogen-bond acceptors (Lipinski definition) is 3. The van der Waals surface area contributed by atoms with Crippen LogP contribution < -0.4 is 0 Å². The third-order valence-electron chi connectivity index (χ3n) is 2.03. The summed E-state index contributed by atoms with van der Waals surface area (Å²) in [7, 11) is 0. The molecule has 0 atom stereocenters. The fourth-order valence-corrected chi connectivity index (χ4v) is 1.31. The van der Waals surface area contributed by atoms with Crippen molar-refractivity contribution in [1.82, 2.24) is 0 Å². The summed E-state index contributed by atoms with van der Waals surface area (Å²) in [6, 6.07) is 7.64. The first-order chi connectivity index (χ1) is 8.00. The molecule has 0 saturated carbocycles. The summed E-state index contributed by atoms with van der Waals surface area (Å²) in [5.74, 6) is -1.87. The Morgan fingerprint density at radius 2 is 1.94 bits per heavy atom. The molecule has 17 heavy (non-hydrogen) atoms. The fourth-order valence-electron chi connectivity index (χ4n) is 1.31. The van der Waals surface area contributed by atoms with E-state index in [2.05, 4.69) is 9.73 Å². The number of halogens is 3. The molecular formula is C11H5F3N2O. The van der Waals surface area contributed by atoms with Crippen LogP contribution in [0, 0.1) is 11.3 Å². The predicted molar refractivity (Wildman–Crippen MR) is 54.3 cm³/mol. The minimum absolute atomic E-state index is 0.255. The standard InChI is InChI=1S/C11H5F3N2O/c12-11(13,14)9-5-7-3-1-2-4-8(7)16-10(6-15)17-9/h1-5H. The monoisotopic (exact) mass is 238 g/mol. The van der Waals surface area contributed by atoms with Crippen molar-refractivity contribution in [1.29, 1.82) is 5.26 Å². The van der Waals surface area contributed by atoms with Gasteiger partial charge in [-0.2, -0.15) is 18.4 Å². The zero-order chi connectivity index (χ0) is 12.5. The maximum Gasteiger partial charge on any atom is 0.449 e. The highest BCUT2D eigenvalue weighted by Crippen LogP contribution is 2.33. The maximum absolute atomic E-state index is 12.6. The molecule has 1 aromatic rings. The Kier molecular flexibility index (Phi) is 2.60. The van der Waals surface area contributed by atoms with Crippen molar-refractivity contribution < 1.29 is 17.9 Å². The van der Waals surface area contributed by atoms with Gasteiger partial charge in [-0.25, -0.2) is 4.99 Å². The number of fused-ring (bicyclic) bond motifs is 1. The van der Waals surface area contributed by atoms with Crippen LogP contribution in [0.2, 0.25) is 0 Å². The Bertz CT molecular complexity index is 553. The number of nitrogens with zero attached hydrogens (tertiary/aromatic N) is 2. The van der Waals surface area contributed by atoms with Crippen molar-refractivity contribution in [2.75, 3.05) is 0 Å². The number of nitriles is 1. The summed E-state index contributed by atoms with van der Waals surface area (Å²) in [4.78, 5) is 3.70. The van der Waals surface area contributed by atoms with Crippen molar-refractivity contribution in [3.8, 4) is 6.07 Å². The normalized spacial score (nSPS) is 14.7. The molecule has 0 bridgehead atoms. The van der Waals surface area contributed by atoms with Crippen molar-refractivity contribution in [2.45, 2.75) is 6.18 Å². The maximum atomic E-state index is 12.6. The van der Waals surface area contributed by atoms with Gasteiger partial charge in [0.2, 0.25) is 5.76 Å². The Morgan fingerprint density at radius 1 is 1.24 bits per heavy atom. The lowest BCUT2D eigenvalue weighted by atomic mass is 10.1. The summed E-state index contributed by atoms with van der Waals surface area (Å²) >= 11 is 0. The van der Waals surface area contributed by atoms with Crippen molar-refractivity contribution in [3.05, 3.63) is 35.6 Å². The lowest BCUT2D eigenvalue weighted by molar-refractivity contribution is -0.116. The number of aliphatic imine (C=N–C) groups is 1. The molecule has 0 aromatic heterocycles. The van der Waals surface area contributed by atoms with Gasteiger partial charge in [0, 0.05) is 5.56 Å². The highest BCUT2D eigenvalue weighted by Gasteiger charge is 2.38. The van der Waals surface area contributed by atoms with E-state index < -0.39 is 17.8 Å². The molecule has 1 aliphatic rings. The van der Waals surface area contributed by atoms with Gasteiger partial charge in [-0.1, -0.05) is 18.2 Å². The third-order valence-corrected chi connectivity index (χ3v) is 2.03. The van der Waals surface area contributed by atoms with Crippen LogP contribution in [0.15, 0.2) is 35.0 Å². The van der Waals surface area contributed by atoms with Crippen LogP contribution >= 0.6 is 0 Å². The zero-order valence-corrected chi connectivity index (χ0v) is 8.32. The smallest absolute Gasteiger partial charge is 0.426 e. The highest BCUT2D eigenvalue weighted by atomic mass is 19.4. The summed E-state index contributed by atoms with van der Waals surface area (Å²) in [5.41, 5.74) is 0.522. The summed E-state index contributed by atoms with van der Waals surface area (Å²) in [5, 5.41) is 8.62. The minimum Gasteiger partial charge on any atom is -0.426 e. The summed E-state index contributed by atoms with van der Waals surface area (Å²) in [6.07, 6.45) is -3.84. The number of alkyl halides is 3. The molecule has 0 spiro atoms. The highest BCUT2D eigenvalue weighted by molar-refractivity contribution is 5.96. The van der Waals surface area contributed by atoms with Crippen molar-refractivity contribution in [3.63, 3.8) is 0 Å². The number of hydrogen-bond donors (Lipinski definition) is 0. The van der Waals surface area contributed by atoms with Crippen molar-refractivity contribution >= 4 is 17.7 Å².